The number of rotatable bonds is 6. The lowest BCUT2D eigenvalue weighted by molar-refractivity contribution is 0.193. The fourth-order valence-electron chi connectivity index (χ4n) is 2.38. The third-order valence-electron chi connectivity index (χ3n) is 3.51. The van der Waals surface area contributed by atoms with Crippen molar-refractivity contribution in [3.8, 4) is 0 Å². The second-order valence-corrected chi connectivity index (χ2v) is 7.45. The molecule has 128 valence electrons. The maximum Gasteiger partial charge on any atom is 0.316 e. The van der Waals surface area contributed by atoms with E-state index in [-0.39, 0.29) is 4.90 Å². The number of urea groups is 1. The molecule has 9 heteroatoms. The van der Waals surface area contributed by atoms with Crippen LogP contribution < -0.4 is 10.6 Å². The highest BCUT2D eigenvalue weighted by Gasteiger charge is 2.36. The van der Waals surface area contributed by atoms with Crippen LogP contribution in [0, 0.1) is 0 Å². The quantitative estimate of drug-likeness (QED) is 0.750. The van der Waals surface area contributed by atoms with Crippen molar-refractivity contribution in [2.75, 3.05) is 26.8 Å². The molecule has 1 aliphatic heterocycles. The zero-order valence-electron chi connectivity index (χ0n) is 12.8. The van der Waals surface area contributed by atoms with Crippen molar-refractivity contribution in [1.29, 1.82) is 0 Å². The Morgan fingerprint density at radius 2 is 2.09 bits per heavy atom. The predicted octanol–water partition coefficient (Wildman–Crippen LogP) is 1.40. The molecule has 0 aromatic heterocycles. The van der Waals surface area contributed by atoms with Crippen LogP contribution in [0.4, 0.5) is 4.79 Å². The van der Waals surface area contributed by atoms with Crippen LogP contribution >= 0.6 is 11.6 Å². The van der Waals surface area contributed by atoms with Gasteiger partial charge in [-0.15, -0.1) is 0 Å². The molecule has 1 aromatic carbocycles. The molecule has 1 aliphatic rings. The molecule has 0 saturated carbocycles. The number of hydrogen-bond acceptors (Lipinski definition) is 4. The molecule has 0 aliphatic carbocycles. The van der Waals surface area contributed by atoms with Gasteiger partial charge in [0.2, 0.25) is 10.0 Å². The first-order chi connectivity index (χ1) is 10.9. The van der Waals surface area contributed by atoms with E-state index in [9.17, 15) is 13.2 Å². The van der Waals surface area contributed by atoms with E-state index in [1.165, 1.54) is 35.7 Å². The number of halogens is 1. The minimum absolute atomic E-state index is 0.162. The van der Waals surface area contributed by atoms with E-state index in [0.29, 0.717) is 37.6 Å². The molecule has 1 heterocycles. The number of amides is 2. The fraction of sp³-hybridized carbons (Fsp3) is 0.500. The van der Waals surface area contributed by atoms with Crippen LogP contribution in [0.1, 0.15) is 12.8 Å². The number of nitrogens with zero attached hydrogens (tertiary/aromatic N) is 1. The third-order valence-corrected chi connectivity index (χ3v) is 5.69. The van der Waals surface area contributed by atoms with Gasteiger partial charge in [0, 0.05) is 25.2 Å². The fourth-order valence-corrected chi connectivity index (χ4v) is 4.12. The summed E-state index contributed by atoms with van der Waals surface area (Å²) in [4.78, 5) is 12.0. The second kappa shape index (κ2) is 7.96. The molecule has 0 bridgehead atoms. The maximum atomic E-state index is 12.7. The van der Waals surface area contributed by atoms with E-state index in [4.69, 9.17) is 16.3 Å². The molecule has 0 spiro atoms. The van der Waals surface area contributed by atoms with Crippen molar-refractivity contribution in [3.05, 3.63) is 29.3 Å². The van der Waals surface area contributed by atoms with Crippen LogP contribution in [0.5, 0.6) is 0 Å². The van der Waals surface area contributed by atoms with Crippen LogP contribution in [0.15, 0.2) is 29.2 Å². The summed E-state index contributed by atoms with van der Waals surface area (Å²) in [6, 6.07) is 5.58. The molecule has 1 saturated heterocycles. The highest BCUT2D eigenvalue weighted by Crippen LogP contribution is 2.25. The molecule has 0 unspecified atom stereocenters. The third kappa shape index (κ3) is 4.57. The summed E-state index contributed by atoms with van der Waals surface area (Å²) in [5.41, 5.74) is 0. The van der Waals surface area contributed by atoms with E-state index in [0.717, 1.165) is 0 Å². The summed E-state index contributed by atoms with van der Waals surface area (Å²) < 4.78 is 31.5. The van der Waals surface area contributed by atoms with Gasteiger partial charge in [-0.3, -0.25) is 0 Å². The second-order valence-electron chi connectivity index (χ2n) is 5.12. The Kier molecular flexibility index (Phi) is 6.23. The van der Waals surface area contributed by atoms with Gasteiger partial charge in [-0.1, -0.05) is 11.6 Å². The topological polar surface area (TPSA) is 87.7 Å². The number of carbonyl (C=O) groups is 1. The molecule has 1 aromatic rings. The maximum absolute atomic E-state index is 12.7. The summed E-state index contributed by atoms with van der Waals surface area (Å²) in [6.07, 6.45) is 0.707. The van der Waals surface area contributed by atoms with Gasteiger partial charge >= 0.3 is 6.03 Å². The number of benzene rings is 1. The molecule has 2 rings (SSSR count). The van der Waals surface area contributed by atoms with Gasteiger partial charge in [0.1, 0.15) is 0 Å². The Balaban J connectivity index is 2.05. The summed E-state index contributed by atoms with van der Waals surface area (Å²) in [5.74, 6) is 0. The van der Waals surface area contributed by atoms with Gasteiger partial charge in [0.05, 0.1) is 17.7 Å². The predicted molar refractivity (Wildman–Crippen MR) is 86.8 cm³/mol. The van der Waals surface area contributed by atoms with Gasteiger partial charge in [-0.2, -0.15) is 4.31 Å². The van der Waals surface area contributed by atoms with Crippen LogP contribution in [0.3, 0.4) is 0 Å². The van der Waals surface area contributed by atoms with Crippen molar-refractivity contribution < 1.29 is 17.9 Å². The Labute approximate surface area is 141 Å². The highest BCUT2D eigenvalue weighted by molar-refractivity contribution is 7.89. The zero-order chi connectivity index (χ0) is 16.9. The SMILES string of the molecule is COCCNC(=O)N[C@@H]1CCCN1S(=O)(=O)c1ccc(Cl)cc1. The van der Waals surface area contributed by atoms with Gasteiger partial charge < -0.3 is 15.4 Å². The lowest BCUT2D eigenvalue weighted by atomic mass is 10.3. The molecule has 23 heavy (non-hydrogen) atoms. The minimum atomic E-state index is -3.67. The lowest BCUT2D eigenvalue weighted by Gasteiger charge is -2.25. The van der Waals surface area contributed by atoms with Gasteiger partial charge in [-0.05, 0) is 37.1 Å². The molecule has 7 nitrogen and oxygen atoms in total. The lowest BCUT2D eigenvalue weighted by Crippen LogP contribution is -2.50. The summed E-state index contributed by atoms with van der Waals surface area (Å²) in [7, 11) is -2.13. The monoisotopic (exact) mass is 361 g/mol. The Morgan fingerprint density at radius 3 is 2.74 bits per heavy atom. The average Bonchev–Trinajstić information content (AvgIpc) is 2.97. The number of hydrogen-bond donors (Lipinski definition) is 2. The van der Waals surface area contributed by atoms with Gasteiger partial charge in [-0.25, -0.2) is 13.2 Å². The summed E-state index contributed by atoms with van der Waals surface area (Å²) in [6.45, 7) is 1.12. The van der Waals surface area contributed by atoms with Crippen molar-refractivity contribution in [2.24, 2.45) is 0 Å². The molecule has 1 atom stereocenters. The van der Waals surface area contributed by atoms with Crippen LogP contribution in [-0.4, -0.2) is 51.7 Å². The normalized spacial score (nSPS) is 18.8. The van der Waals surface area contributed by atoms with Crippen molar-refractivity contribution in [2.45, 2.75) is 23.9 Å². The van der Waals surface area contributed by atoms with Crippen molar-refractivity contribution in [1.82, 2.24) is 14.9 Å². The van der Waals surface area contributed by atoms with Crippen molar-refractivity contribution >= 4 is 27.7 Å². The number of methoxy groups -OCH3 is 1. The largest absolute Gasteiger partial charge is 0.383 e. The van der Waals surface area contributed by atoms with Crippen LogP contribution in [0.2, 0.25) is 5.02 Å². The summed E-state index contributed by atoms with van der Waals surface area (Å²) >= 11 is 5.80. The smallest absolute Gasteiger partial charge is 0.316 e. The van der Waals surface area contributed by atoms with E-state index in [2.05, 4.69) is 10.6 Å². The molecular formula is C14H20ClN3O4S. The minimum Gasteiger partial charge on any atom is -0.383 e. The Morgan fingerprint density at radius 1 is 1.39 bits per heavy atom. The van der Waals surface area contributed by atoms with Crippen LogP contribution in [0.25, 0.3) is 0 Å². The number of nitrogens with one attached hydrogen (secondary N) is 2. The van der Waals surface area contributed by atoms with Gasteiger partial charge in [0.15, 0.2) is 0 Å². The molecular weight excluding hydrogens is 342 g/mol. The first kappa shape index (κ1) is 18.0. The first-order valence-corrected chi connectivity index (χ1v) is 9.07. The average molecular weight is 362 g/mol. The Bertz CT molecular complexity index is 636. The molecule has 2 N–H and O–H groups in total. The number of sulfonamides is 1. The molecule has 1 fully saturated rings. The van der Waals surface area contributed by atoms with Gasteiger partial charge in [0.25, 0.3) is 0 Å². The van der Waals surface area contributed by atoms with Crippen LogP contribution in [-0.2, 0) is 14.8 Å². The highest BCUT2D eigenvalue weighted by atomic mass is 35.5. The molecule has 2 amide bonds. The zero-order valence-corrected chi connectivity index (χ0v) is 14.4. The first-order valence-electron chi connectivity index (χ1n) is 7.26. The van der Waals surface area contributed by atoms with Crippen molar-refractivity contribution in [3.63, 3.8) is 0 Å². The van der Waals surface area contributed by atoms with E-state index in [1.807, 2.05) is 0 Å². The standard InChI is InChI=1S/C14H20ClN3O4S/c1-22-10-8-16-14(19)17-13-3-2-9-18(13)23(20,21)12-6-4-11(15)5-7-12/h4-7,13H,2-3,8-10H2,1H3,(H2,16,17,19)/t13-/m0/s1. The molecule has 0 radical (unpaired) electrons. The van der Waals surface area contributed by atoms with E-state index >= 15 is 0 Å². The summed E-state index contributed by atoms with van der Waals surface area (Å²) in [5, 5.41) is 5.78. The number of ether oxygens (including phenoxy) is 1. The number of carbonyl (C=O) groups excluding carboxylic acids is 1. The van der Waals surface area contributed by atoms with E-state index in [1.54, 1.807) is 0 Å². The van der Waals surface area contributed by atoms with E-state index < -0.39 is 22.2 Å². The Hall–Kier alpha value is -1.35.